The lowest BCUT2D eigenvalue weighted by atomic mass is 9.98. The summed E-state index contributed by atoms with van der Waals surface area (Å²) in [6, 6.07) is 17.8. The van der Waals surface area contributed by atoms with Gasteiger partial charge in [0.1, 0.15) is 33.4 Å². The number of para-hydroxylation sites is 1. The van der Waals surface area contributed by atoms with Crippen molar-refractivity contribution in [3.05, 3.63) is 83.6 Å². The number of aromatic nitrogens is 1. The molecule has 1 saturated carbocycles. The highest BCUT2D eigenvalue weighted by Crippen LogP contribution is 2.51. The number of likely N-dealkylation sites (tertiary alicyclic amines) is 1. The van der Waals surface area contributed by atoms with E-state index in [2.05, 4.69) is 21.7 Å². The molecule has 1 aliphatic carbocycles. The molecule has 0 radical (unpaired) electrons. The Morgan fingerprint density at radius 3 is 2.71 bits per heavy atom. The van der Waals surface area contributed by atoms with E-state index in [1.165, 1.54) is 11.8 Å². The minimum atomic E-state index is -0.621. The normalized spacial score (nSPS) is 22.3. The SMILES string of the molecule is Cc1ccc(Oc2ccccc2)cc1N1C(=O)NC2c3c1ccnc3SC2C(=O)NC1CCCN(C(=O)/C(C#N)=C/C2CC2)C1. The third-order valence-corrected chi connectivity index (χ3v) is 9.88. The molecule has 3 aromatic rings. The summed E-state index contributed by atoms with van der Waals surface area (Å²) in [7, 11) is 0. The molecular formula is C34H32N6O4S. The van der Waals surface area contributed by atoms with Crippen LogP contribution in [-0.4, -0.2) is 52.1 Å². The summed E-state index contributed by atoms with van der Waals surface area (Å²) in [5, 5.41) is 15.8. The van der Waals surface area contributed by atoms with Crippen molar-refractivity contribution >= 4 is 41.0 Å². The highest BCUT2D eigenvalue weighted by atomic mass is 32.2. The Morgan fingerprint density at radius 1 is 1.11 bits per heavy atom. The minimum absolute atomic E-state index is 0.187. The number of carbonyl (C=O) groups excluding carboxylic acids is 3. The second-order valence-electron chi connectivity index (χ2n) is 11.8. The average molecular weight is 621 g/mol. The molecule has 2 N–H and O–H groups in total. The van der Waals surface area contributed by atoms with Crippen LogP contribution in [0.5, 0.6) is 11.5 Å². The first kappa shape index (κ1) is 28.9. The van der Waals surface area contributed by atoms with Crippen molar-refractivity contribution in [2.24, 2.45) is 5.92 Å². The van der Waals surface area contributed by atoms with Crippen molar-refractivity contribution in [3.63, 3.8) is 0 Å². The lowest BCUT2D eigenvalue weighted by molar-refractivity contribution is -0.129. The van der Waals surface area contributed by atoms with E-state index >= 15 is 0 Å². The number of nitrogens with zero attached hydrogens (tertiary/aromatic N) is 4. The Hall–Kier alpha value is -4.82. The Morgan fingerprint density at radius 2 is 1.93 bits per heavy atom. The molecule has 0 spiro atoms. The topological polar surface area (TPSA) is 128 Å². The predicted octanol–water partition coefficient (Wildman–Crippen LogP) is 5.53. The number of hydrogen-bond acceptors (Lipinski definition) is 7. The molecule has 10 nitrogen and oxygen atoms in total. The van der Waals surface area contributed by atoms with Crippen LogP contribution in [0.4, 0.5) is 16.2 Å². The zero-order valence-corrected chi connectivity index (χ0v) is 25.5. The van der Waals surface area contributed by atoms with Gasteiger partial charge in [0.05, 0.1) is 17.4 Å². The molecule has 1 saturated heterocycles. The number of anilines is 2. The molecule has 4 amide bonds. The molecule has 4 aliphatic rings. The van der Waals surface area contributed by atoms with Crippen LogP contribution in [0.1, 0.15) is 42.9 Å². The Balaban J connectivity index is 1.09. The first-order chi connectivity index (χ1) is 21.9. The van der Waals surface area contributed by atoms with Crippen LogP contribution in [0.25, 0.3) is 0 Å². The number of amides is 4. The molecule has 2 aromatic carbocycles. The van der Waals surface area contributed by atoms with Crippen LogP contribution >= 0.6 is 11.8 Å². The average Bonchev–Trinajstić information content (AvgIpc) is 3.80. The molecule has 0 bridgehead atoms. The van der Waals surface area contributed by atoms with Crippen molar-refractivity contribution in [2.45, 2.75) is 55.0 Å². The van der Waals surface area contributed by atoms with E-state index in [0.29, 0.717) is 46.9 Å². The van der Waals surface area contributed by atoms with Crippen LogP contribution in [-0.2, 0) is 9.59 Å². The van der Waals surface area contributed by atoms with Crippen LogP contribution in [0.2, 0.25) is 0 Å². The van der Waals surface area contributed by atoms with Gasteiger partial charge >= 0.3 is 6.03 Å². The van der Waals surface area contributed by atoms with Gasteiger partial charge in [0.25, 0.3) is 5.91 Å². The number of rotatable bonds is 7. The number of thioether (sulfide) groups is 1. The molecule has 7 rings (SSSR count). The summed E-state index contributed by atoms with van der Waals surface area (Å²) in [6.45, 7) is 2.83. The number of urea groups is 1. The molecule has 228 valence electrons. The first-order valence-corrected chi connectivity index (χ1v) is 16.1. The Kier molecular flexibility index (Phi) is 7.67. The summed E-state index contributed by atoms with van der Waals surface area (Å²) in [5.41, 5.74) is 3.23. The summed E-state index contributed by atoms with van der Waals surface area (Å²) in [4.78, 5) is 48.4. The maximum absolute atomic E-state index is 13.8. The quantitative estimate of drug-likeness (QED) is 0.263. The second kappa shape index (κ2) is 11.9. The van der Waals surface area contributed by atoms with E-state index in [1.807, 2.05) is 61.5 Å². The van der Waals surface area contributed by atoms with Crippen molar-refractivity contribution in [1.82, 2.24) is 20.5 Å². The number of pyridine rings is 1. The highest BCUT2D eigenvalue weighted by Gasteiger charge is 2.47. The van der Waals surface area contributed by atoms with Crippen molar-refractivity contribution in [1.29, 1.82) is 5.26 Å². The number of allylic oxidation sites excluding steroid dienone is 1. The van der Waals surface area contributed by atoms with Gasteiger partial charge in [-0.2, -0.15) is 5.26 Å². The number of carbonyl (C=O) groups is 3. The van der Waals surface area contributed by atoms with Gasteiger partial charge in [-0.05, 0) is 68.4 Å². The number of piperidine rings is 1. The summed E-state index contributed by atoms with van der Waals surface area (Å²) < 4.78 is 6.06. The first-order valence-electron chi connectivity index (χ1n) is 15.2. The van der Waals surface area contributed by atoms with E-state index in [-0.39, 0.29) is 29.5 Å². The van der Waals surface area contributed by atoms with Gasteiger partial charge in [0.2, 0.25) is 5.91 Å². The molecule has 11 heteroatoms. The van der Waals surface area contributed by atoms with Crippen LogP contribution < -0.4 is 20.3 Å². The van der Waals surface area contributed by atoms with Crippen LogP contribution in [0.15, 0.2) is 77.5 Å². The van der Waals surface area contributed by atoms with Crippen molar-refractivity contribution in [3.8, 4) is 17.6 Å². The number of ether oxygens (including phenoxy) is 1. The monoisotopic (exact) mass is 620 g/mol. The van der Waals surface area contributed by atoms with Crippen LogP contribution in [0.3, 0.4) is 0 Å². The number of nitrogens with one attached hydrogen (secondary N) is 2. The maximum Gasteiger partial charge on any atom is 0.327 e. The van der Waals surface area contributed by atoms with Gasteiger partial charge in [0.15, 0.2) is 0 Å². The van der Waals surface area contributed by atoms with Crippen molar-refractivity contribution in [2.75, 3.05) is 18.0 Å². The molecule has 3 aliphatic heterocycles. The smallest absolute Gasteiger partial charge is 0.327 e. The summed E-state index contributed by atoms with van der Waals surface area (Å²) >= 11 is 1.34. The summed E-state index contributed by atoms with van der Waals surface area (Å²) in [5.74, 6) is 1.12. The van der Waals surface area contributed by atoms with Gasteiger partial charge in [-0.3, -0.25) is 14.5 Å². The number of benzene rings is 2. The third-order valence-electron chi connectivity index (χ3n) is 8.59. The van der Waals surface area contributed by atoms with E-state index in [4.69, 9.17) is 4.74 Å². The molecule has 2 fully saturated rings. The van der Waals surface area contributed by atoms with E-state index in [9.17, 15) is 19.6 Å². The fraction of sp³-hybridized carbons (Fsp3) is 0.324. The standard InChI is InChI=1S/C34H32N6O4S/c1-20-9-12-25(44-24-7-3-2-4-8-24)17-27(20)40-26-13-14-36-32-28(26)29(38-34(40)43)30(45-32)31(41)37-23-6-5-15-39(19-23)33(42)22(18-35)16-21-10-11-21/h2-4,7-9,12-14,16-17,21,23,29-30H,5-6,10-11,15,19H2,1H3,(H,37,41)(H,38,43)/b22-16+. The fourth-order valence-electron chi connectivity index (χ4n) is 6.17. The second-order valence-corrected chi connectivity index (χ2v) is 13.0. The molecule has 3 atom stereocenters. The molecule has 3 unspecified atom stereocenters. The number of nitriles is 1. The summed E-state index contributed by atoms with van der Waals surface area (Å²) in [6.07, 6.45) is 6.92. The van der Waals surface area contributed by atoms with Gasteiger partial charge in [-0.15, -0.1) is 0 Å². The van der Waals surface area contributed by atoms with E-state index < -0.39 is 11.3 Å². The van der Waals surface area contributed by atoms with E-state index in [1.54, 1.807) is 22.1 Å². The third kappa shape index (κ3) is 5.73. The maximum atomic E-state index is 13.8. The predicted molar refractivity (Wildman–Crippen MR) is 169 cm³/mol. The zero-order valence-electron chi connectivity index (χ0n) is 24.7. The largest absolute Gasteiger partial charge is 0.457 e. The fourth-order valence-corrected chi connectivity index (χ4v) is 7.41. The Bertz CT molecular complexity index is 1750. The number of aryl methyl sites for hydroxylation is 1. The molecule has 4 heterocycles. The molecule has 1 aromatic heterocycles. The zero-order chi connectivity index (χ0) is 31.1. The molecular weight excluding hydrogens is 588 g/mol. The van der Waals surface area contributed by atoms with Gasteiger partial charge in [0, 0.05) is 37.0 Å². The van der Waals surface area contributed by atoms with Gasteiger partial charge in [-0.25, -0.2) is 9.78 Å². The minimum Gasteiger partial charge on any atom is -0.457 e. The van der Waals surface area contributed by atoms with Crippen LogP contribution in [0, 0.1) is 24.2 Å². The van der Waals surface area contributed by atoms with Gasteiger partial charge < -0.3 is 20.3 Å². The molecule has 45 heavy (non-hydrogen) atoms. The van der Waals surface area contributed by atoms with Gasteiger partial charge in [-0.1, -0.05) is 42.1 Å². The lowest BCUT2D eigenvalue weighted by Gasteiger charge is -2.36. The van der Waals surface area contributed by atoms with Crippen molar-refractivity contribution < 1.29 is 19.1 Å². The number of hydrogen-bond donors (Lipinski definition) is 2. The highest BCUT2D eigenvalue weighted by molar-refractivity contribution is 8.01. The Labute approximate surface area is 265 Å². The lowest BCUT2D eigenvalue weighted by Crippen LogP contribution is -2.54. The van der Waals surface area contributed by atoms with E-state index in [0.717, 1.165) is 36.8 Å².